The quantitative estimate of drug-likeness (QED) is 0.616. The van der Waals surface area contributed by atoms with Gasteiger partial charge in [-0.3, -0.25) is 4.79 Å². The molecule has 1 heterocycles. The number of rotatable bonds is 2. The van der Waals surface area contributed by atoms with Gasteiger partial charge in [0.05, 0.1) is 25.2 Å². The zero-order valence-corrected chi connectivity index (χ0v) is 6.65. The zero-order valence-electron chi connectivity index (χ0n) is 6.65. The Hall–Kier alpha value is -1.65. The van der Waals surface area contributed by atoms with Gasteiger partial charge in [0.25, 0.3) is 0 Å². The summed E-state index contributed by atoms with van der Waals surface area (Å²) in [5, 5.41) is 0. The second-order valence-electron chi connectivity index (χ2n) is 2.19. The lowest BCUT2D eigenvalue weighted by Crippen LogP contribution is -2.07. The molecule has 12 heavy (non-hydrogen) atoms. The van der Waals surface area contributed by atoms with E-state index in [2.05, 4.69) is 14.7 Å². The van der Waals surface area contributed by atoms with Crippen molar-refractivity contribution >= 4 is 11.7 Å². The molecule has 0 aliphatic heterocycles. The van der Waals surface area contributed by atoms with Crippen LogP contribution in [0.4, 0.5) is 5.69 Å². The Labute approximate surface area is 69.6 Å². The molecule has 0 atom stereocenters. The molecular weight excluding hydrogens is 158 g/mol. The third kappa shape index (κ3) is 2.19. The van der Waals surface area contributed by atoms with Gasteiger partial charge in [-0.2, -0.15) is 0 Å². The van der Waals surface area contributed by atoms with Gasteiger partial charge in [-0.05, 0) is 0 Å². The maximum Gasteiger partial charge on any atom is 0.313 e. The van der Waals surface area contributed by atoms with Gasteiger partial charge in [0.2, 0.25) is 0 Å². The Morgan fingerprint density at radius 2 is 2.17 bits per heavy atom. The molecule has 0 radical (unpaired) electrons. The highest BCUT2D eigenvalue weighted by atomic mass is 16.5. The number of nitrogens with two attached hydrogens (primary N) is 1. The number of nitrogen functional groups attached to an aromatic ring is 1. The highest BCUT2D eigenvalue weighted by molar-refractivity contribution is 5.71. The third-order valence-corrected chi connectivity index (χ3v) is 1.26. The predicted molar refractivity (Wildman–Crippen MR) is 42.2 cm³/mol. The molecule has 0 amide bonds. The van der Waals surface area contributed by atoms with E-state index in [1.807, 2.05) is 0 Å². The molecule has 1 rings (SSSR count). The molecule has 0 bridgehead atoms. The Kier molecular flexibility index (Phi) is 2.57. The molecule has 5 heteroatoms. The number of anilines is 1. The van der Waals surface area contributed by atoms with Gasteiger partial charge in [-0.25, -0.2) is 9.97 Å². The predicted octanol–water partition coefficient (Wildman–Crippen LogP) is -0.226. The molecule has 0 saturated heterocycles. The van der Waals surface area contributed by atoms with Crippen LogP contribution in [0.1, 0.15) is 5.82 Å². The summed E-state index contributed by atoms with van der Waals surface area (Å²) in [4.78, 5) is 18.4. The summed E-state index contributed by atoms with van der Waals surface area (Å²) in [5.41, 5.74) is 5.82. The standard InChI is InChI=1S/C7H9N3O2/c1-12-7(11)2-6-9-3-5(8)4-10-6/h3-4H,2,8H2,1H3. The van der Waals surface area contributed by atoms with Gasteiger partial charge < -0.3 is 10.5 Å². The van der Waals surface area contributed by atoms with E-state index in [1.54, 1.807) is 0 Å². The number of aromatic nitrogens is 2. The Bertz CT molecular complexity index is 270. The second-order valence-corrected chi connectivity index (χ2v) is 2.19. The van der Waals surface area contributed by atoms with E-state index >= 15 is 0 Å². The van der Waals surface area contributed by atoms with Crippen LogP contribution in [-0.2, 0) is 16.0 Å². The molecule has 0 fully saturated rings. The summed E-state index contributed by atoms with van der Waals surface area (Å²) in [5.74, 6) is 0.0517. The van der Waals surface area contributed by atoms with Gasteiger partial charge in [0.15, 0.2) is 0 Å². The van der Waals surface area contributed by atoms with Crippen LogP contribution in [0.25, 0.3) is 0 Å². The highest BCUT2D eigenvalue weighted by Crippen LogP contribution is 1.97. The van der Waals surface area contributed by atoms with Crippen LogP contribution in [-0.4, -0.2) is 23.0 Å². The number of ether oxygens (including phenoxy) is 1. The minimum Gasteiger partial charge on any atom is -0.469 e. The number of carbonyl (C=O) groups excluding carboxylic acids is 1. The summed E-state index contributed by atoms with van der Waals surface area (Å²) < 4.78 is 4.43. The maximum absolute atomic E-state index is 10.7. The van der Waals surface area contributed by atoms with Crippen LogP contribution in [0.2, 0.25) is 0 Å². The molecule has 1 aromatic heterocycles. The van der Waals surface area contributed by atoms with E-state index in [9.17, 15) is 4.79 Å². The Morgan fingerprint density at radius 1 is 1.58 bits per heavy atom. The molecule has 1 aromatic rings. The van der Waals surface area contributed by atoms with E-state index in [1.165, 1.54) is 19.5 Å². The molecule has 64 valence electrons. The van der Waals surface area contributed by atoms with Crippen molar-refractivity contribution in [2.24, 2.45) is 0 Å². The first kappa shape index (κ1) is 8.45. The van der Waals surface area contributed by atoms with Crippen LogP contribution in [0.5, 0.6) is 0 Å². The van der Waals surface area contributed by atoms with Crippen molar-refractivity contribution in [2.75, 3.05) is 12.8 Å². The Balaban J connectivity index is 2.64. The number of nitrogens with zero attached hydrogens (tertiary/aromatic N) is 2. The second kappa shape index (κ2) is 3.66. The number of carbonyl (C=O) groups is 1. The summed E-state index contributed by atoms with van der Waals surface area (Å²) >= 11 is 0. The van der Waals surface area contributed by atoms with E-state index in [0.717, 1.165) is 0 Å². The van der Waals surface area contributed by atoms with E-state index in [4.69, 9.17) is 5.73 Å². The van der Waals surface area contributed by atoms with Gasteiger partial charge in [0, 0.05) is 0 Å². The lowest BCUT2D eigenvalue weighted by molar-refractivity contribution is -0.139. The molecule has 0 aliphatic carbocycles. The SMILES string of the molecule is COC(=O)Cc1ncc(N)cn1. The first-order valence-corrected chi connectivity index (χ1v) is 3.35. The monoisotopic (exact) mass is 167 g/mol. The lowest BCUT2D eigenvalue weighted by atomic mass is 10.4. The summed E-state index contributed by atoms with van der Waals surface area (Å²) in [6.07, 6.45) is 2.98. The minimum absolute atomic E-state index is 0.0801. The lowest BCUT2D eigenvalue weighted by Gasteiger charge is -1.97. The van der Waals surface area contributed by atoms with Gasteiger partial charge in [-0.15, -0.1) is 0 Å². The van der Waals surface area contributed by atoms with Crippen molar-refractivity contribution in [3.05, 3.63) is 18.2 Å². The number of hydrogen-bond donors (Lipinski definition) is 1. The molecule has 0 saturated carbocycles. The molecule has 0 unspecified atom stereocenters. The molecular formula is C7H9N3O2. The van der Waals surface area contributed by atoms with Crippen molar-refractivity contribution in [3.63, 3.8) is 0 Å². The van der Waals surface area contributed by atoms with Crippen LogP contribution in [0, 0.1) is 0 Å². The number of methoxy groups -OCH3 is 1. The largest absolute Gasteiger partial charge is 0.469 e. The summed E-state index contributed by atoms with van der Waals surface area (Å²) in [7, 11) is 1.32. The van der Waals surface area contributed by atoms with Gasteiger partial charge in [-0.1, -0.05) is 0 Å². The average molecular weight is 167 g/mol. The van der Waals surface area contributed by atoms with Gasteiger partial charge >= 0.3 is 5.97 Å². The fourth-order valence-electron chi connectivity index (χ4n) is 0.657. The molecule has 5 nitrogen and oxygen atoms in total. The fourth-order valence-corrected chi connectivity index (χ4v) is 0.657. The van der Waals surface area contributed by atoms with Crippen molar-refractivity contribution in [1.29, 1.82) is 0 Å². The first-order valence-electron chi connectivity index (χ1n) is 3.35. The third-order valence-electron chi connectivity index (χ3n) is 1.26. The molecule has 0 aromatic carbocycles. The van der Waals surface area contributed by atoms with Crippen LogP contribution in [0.15, 0.2) is 12.4 Å². The zero-order chi connectivity index (χ0) is 8.97. The Morgan fingerprint density at radius 3 is 2.67 bits per heavy atom. The van der Waals surface area contributed by atoms with Crippen molar-refractivity contribution < 1.29 is 9.53 Å². The van der Waals surface area contributed by atoms with E-state index in [0.29, 0.717) is 11.5 Å². The van der Waals surface area contributed by atoms with Crippen LogP contribution >= 0.6 is 0 Å². The van der Waals surface area contributed by atoms with Crippen LogP contribution in [0.3, 0.4) is 0 Å². The van der Waals surface area contributed by atoms with Crippen LogP contribution < -0.4 is 5.73 Å². The molecule has 0 aliphatic rings. The van der Waals surface area contributed by atoms with E-state index < -0.39 is 0 Å². The summed E-state index contributed by atoms with van der Waals surface area (Å²) in [6, 6.07) is 0. The number of hydrogen-bond acceptors (Lipinski definition) is 5. The smallest absolute Gasteiger partial charge is 0.313 e. The first-order chi connectivity index (χ1) is 5.72. The fraction of sp³-hybridized carbons (Fsp3) is 0.286. The van der Waals surface area contributed by atoms with Gasteiger partial charge in [0.1, 0.15) is 12.2 Å². The molecule has 0 spiro atoms. The number of esters is 1. The normalized spacial score (nSPS) is 9.42. The molecule has 2 N–H and O–H groups in total. The van der Waals surface area contributed by atoms with Crippen molar-refractivity contribution in [2.45, 2.75) is 6.42 Å². The topological polar surface area (TPSA) is 78.1 Å². The average Bonchev–Trinajstić information content (AvgIpc) is 2.09. The van der Waals surface area contributed by atoms with Crippen molar-refractivity contribution in [3.8, 4) is 0 Å². The maximum atomic E-state index is 10.7. The summed E-state index contributed by atoms with van der Waals surface area (Å²) in [6.45, 7) is 0. The minimum atomic E-state index is -0.361. The van der Waals surface area contributed by atoms with Crippen molar-refractivity contribution in [1.82, 2.24) is 9.97 Å². The highest BCUT2D eigenvalue weighted by Gasteiger charge is 2.03. The van der Waals surface area contributed by atoms with E-state index in [-0.39, 0.29) is 12.4 Å².